The third-order valence-electron chi connectivity index (χ3n) is 4.63. The molecule has 0 aliphatic rings. The summed E-state index contributed by atoms with van der Waals surface area (Å²) in [7, 11) is -4.17. The Balaban J connectivity index is 2.01. The molecule has 3 aromatic rings. The summed E-state index contributed by atoms with van der Waals surface area (Å²) in [4.78, 5) is 15.1. The van der Waals surface area contributed by atoms with E-state index in [4.69, 9.17) is 21.4 Å². The molecule has 2 aromatic carbocycles. The predicted molar refractivity (Wildman–Crippen MR) is 126 cm³/mol. The standard InChI is InChI=1S/C22H22ClFN2O5S2/c1-13-8-19(26(10-14(2)24)33(29,30)22-25-15(3)12-32-22)20(9-18(13)23)31-11-16-4-6-17(7-5-16)21(27)28/h4-9,12,14H,10-11H2,1-3H3,(H,27,28)/t14-/m1/s1. The smallest absolute Gasteiger partial charge is 0.335 e. The molecule has 176 valence electrons. The number of carbonyl (C=O) groups is 1. The van der Waals surface area contributed by atoms with Crippen LogP contribution in [0, 0.1) is 13.8 Å². The number of carboxylic acid groups (broad SMARTS) is 1. The Morgan fingerprint density at radius 1 is 1.27 bits per heavy atom. The molecule has 33 heavy (non-hydrogen) atoms. The first-order valence-corrected chi connectivity index (χ1v) is 12.5. The summed E-state index contributed by atoms with van der Waals surface area (Å²) in [6, 6.07) is 9.08. The second-order valence-electron chi connectivity index (χ2n) is 7.43. The average molecular weight is 513 g/mol. The number of hydrogen-bond donors (Lipinski definition) is 1. The number of carboxylic acids is 1. The van der Waals surface area contributed by atoms with Gasteiger partial charge in [0.2, 0.25) is 4.34 Å². The number of anilines is 1. The number of hydrogen-bond acceptors (Lipinski definition) is 6. The maximum Gasteiger partial charge on any atom is 0.335 e. The van der Waals surface area contributed by atoms with Gasteiger partial charge in [-0.3, -0.25) is 4.31 Å². The minimum atomic E-state index is -4.17. The monoisotopic (exact) mass is 512 g/mol. The Bertz CT molecular complexity index is 1260. The van der Waals surface area contributed by atoms with E-state index in [0.717, 1.165) is 15.6 Å². The maximum atomic E-state index is 14.1. The molecule has 0 amide bonds. The summed E-state index contributed by atoms with van der Waals surface area (Å²) in [5, 5.41) is 11.0. The summed E-state index contributed by atoms with van der Waals surface area (Å²) in [5.41, 5.74) is 2.06. The molecule has 0 saturated carbocycles. The third-order valence-corrected chi connectivity index (χ3v) is 8.17. The summed E-state index contributed by atoms with van der Waals surface area (Å²) in [6.07, 6.45) is -1.46. The highest BCUT2D eigenvalue weighted by Crippen LogP contribution is 2.38. The Labute approximate surface area is 200 Å². The Kier molecular flexibility index (Phi) is 7.61. The van der Waals surface area contributed by atoms with Gasteiger partial charge in [-0.25, -0.2) is 14.2 Å². The first-order chi connectivity index (χ1) is 15.5. The first kappa shape index (κ1) is 24.9. The van der Waals surface area contributed by atoms with E-state index < -0.39 is 28.7 Å². The minimum absolute atomic E-state index is 0.0156. The number of aromatic nitrogens is 1. The van der Waals surface area contributed by atoms with Crippen molar-refractivity contribution in [3.8, 4) is 5.75 Å². The Hall–Kier alpha value is -2.69. The second-order valence-corrected chi connectivity index (χ2v) is 10.7. The van der Waals surface area contributed by atoms with Gasteiger partial charge in [-0.15, -0.1) is 11.3 Å². The van der Waals surface area contributed by atoms with Gasteiger partial charge in [-0.2, -0.15) is 8.42 Å². The lowest BCUT2D eigenvalue weighted by atomic mass is 10.1. The van der Waals surface area contributed by atoms with Gasteiger partial charge < -0.3 is 9.84 Å². The van der Waals surface area contributed by atoms with Gasteiger partial charge in [0.1, 0.15) is 18.5 Å². The number of aromatic carboxylic acids is 1. The van der Waals surface area contributed by atoms with Crippen molar-refractivity contribution in [2.45, 2.75) is 37.9 Å². The van der Waals surface area contributed by atoms with E-state index in [1.165, 1.54) is 31.2 Å². The van der Waals surface area contributed by atoms with Crippen molar-refractivity contribution in [2.75, 3.05) is 10.8 Å². The zero-order valence-electron chi connectivity index (χ0n) is 18.1. The number of benzene rings is 2. The molecule has 0 spiro atoms. The summed E-state index contributed by atoms with van der Waals surface area (Å²) in [6.45, 7) is 4.22. The molecule has 0 radical (unpaired) electrons. The molecule has 0 aliphatic heterocycles. The van der Waals surface area contributed by atoms with Gasteiger partial charge in [-0.05, 0) is 50.1 Å². The van der Waals surface area contributed by atoms with Crippen molar-refractivity contribution in [1.29, 1.82) is 0 Å². The van der Waals surface area contributed by atoms with Crippen LogP contribution in [0.5, 0.6) is 5.75 Å². The van der Waals surface area contributed by atoms with Gasteiger partial charge >= 0.3 is 5.97 Å². The van der Waals surface area contributed by atoms with E-state index in [9.17, 15) is 17.6 Å². The summed E-state index contributed by atoms with van der Waals surface area (Å²) < 4.78 is 47.5. The van der Waals surface area contributed by atoms with Crippen LogP contribution in [-0.4, -0.2) is 37.2 Å². The summed E-state index contributed by atoms with van der Waals surface area (Å²) >= 11 is 7.23. The SMILES string of the molecule is Cc1csc(S(=O)(=O)N(C[C@@H](C)F)c2cc(C)c(Cl)cc2OCc2ccc(C(=O)O)cc2)n1. The quantitative estimate of drug-likeness (QED) is 0.421. The molecular formula is C22H22ClFN2O5S2. The predicted octanol–water partition coefficient (Wildman–Crippen LogP) is 5.24. The fourth-order valence-electron chi connectivity index (χ4n) is 2.96. The van der Waals surface area contributed by atoms with E-state index in [2.05, 4.69) is 4.98 Å². The maximum absolute atomic E-state index is 14.1. The molecule has 1 atom stereocenters. The van der Waals surface area contributed by atoms with Crippen molar-refractivity contribution in [3.63, 3.8) is 0 Å². The average Bonchev–Trinajstić information content (AvgIpc) is 3.20. The molecule has 7 nitrogen and oxygen atoms in total. The van der Waals surface area contributed by atoms with Gasteiger partial charge in [0.05, 0.1) is 17.8 Å². The highest BCUT2D eigenvalue weighted by Gasteiger charge is 2.32. The lowest BCUT2D eigenvalue weighted by Crippen LogP contribution is -2.36. The molecule has 11 heteroatoms. The van der Waals surface area contributed by atoms with Crippen molar-refractivity contribution in [2.24, 2.45) is 0 Å². The lowest BCUT2D eigenvalue weighted by molar-refractivity contribution is 0.0697. The van der Waals surface area contributed by atoms with Crippen LogP contribution in [0.4, 0.5) is 10.1 Å². The van der Waals surface area contributed by atoms with Gasteiger partial charge in [-0.1, -0.05) is 23.7 Å². The van der Waals surface area contributed by atoms with E-state index in [-0.39, 0.29) is 27.9 Å². The fraction of sp³-hybridized carbons (Fsp3) is 0.273. The topological polar surface area (TPSA) is 96.8 Å². The van der Waals surface area contributed by atoms with E-state index in [0.29, 0.717) is 21.8 Å². The van der Waals surface area contributed by atoms with Crippen molar-refractivity contribution in [3.05, 3.63) is 69.2 Å². The molecule has 1 heterocycles. The number of nitrogens with zero attached hydrogens (tertiary/aromatic N) is 2. The molecule has 3 rings (SSSR count). The minimum Gasteiger partial charge on any atom is -0.487 e. The highest BCUT2D eigenvalue weighted by molar-refractivity contribution is 7.94. The van der Waals surface area contributed by atoms with Crippen molar-refractivity contribution >= 4 is 44.6 Å². The molecule has 1 N–H and O–H groups in total. The number of alkyl halides is 1. The lowest BCUT2D eigenvalue weighted by Gasteiger charge is -2.26. The number of halogens is 2. The number of rotatable bonds is 9. The first-order valence-electron chi connectivity index (χ1n) is 9.83. The molecular weight excluding hydrogens is 491 g/mol. The van der Waals surface area contributed by atoms with Crippen LogP contribution < -0.4 is 9.04 Å². The molecule has 0 fully saturated rings. The highest BCUT2D eigenvalue weighted by atomic mass is 35.5. The van der Waals surface area contributed by atoms with Crippen LogP contribution in [0.2, 0.25) is 5.02 Å². The molecule has 0 aliphatic carbocycles. The van der Waals surface area contributed by atoms with Crippen molar-refractivity contribution in [1.82, 2.24) is 4.98 Å². The largest absolute Gasteiger partial charge is 0.487 e. The van der Waals surface area contributed by atoms with Crippen LogP contribution in [-0.2, 0) is 16.6 Å². The molecule has 0 saturated heterocycles. The van der Waals surface area contributed by atoms with Gasteiger partial charge in [0, 0.05) is 22.2 Å². The fourth-order valence-corrected chi connectivity index (χ4v) is 5.79. The van der Waals surface area contributed by atoms with Gasteiger partial charge in [0.15, 0.2) is 0 Å². The van der Waals surface area contributed by atoms with E-state index in [1.54, 1.807) is 31.4 Å². The second kappa shape index (κ2) is 10.1. The van der Waals surface area contributed by atoms with Gasteiger partial charge in [0.25, 0.3) is 10.0 Å². The number of aryl methyl sites for hydroxylation is 2. The van der Waals surface area contributed by atoms with Crippen molar-refractivity contribution < 1.29 is 27.4 Å². The third kappa shape index (κ3) is 5.82. The van der Waals surface area contributed by atoms with Crippen LogP contribution >= 0.6 is 22.9 Å². The summed E-state index contributed by atoms with van der Waals surface area (Å²) in [5.74, 6) is -0.904. The van der Waals surface area contributed by atoms with E-state index >= 15 is 0 Å². The Morgan fingerprint density at radius 3 is 2.48 bits per heavy atom. The molecule has 0 bridgehead atoms. The Morgan fingerprint density at radius 2 is 1.94 bits per heavy atom. The van der Waals surface area contributed by atoms with Crippen LogP contribution in [0.1, 0.15) is 34.1 Å². The van der Waals surface area contributed by atoms with E-state index in [1.807, 2.05) is 0 Å². The molecule has 0 unspecified atom stereocenters. The zero-order valence-corrected chi connectivity index (χ0v) is 20.5. The van der Waals surface area contributed by atoms with Crippen LogP contribution in [0.25, 0.3) is 0 Å². The number of sulfonamides is 1. The number of ether oxygens (including phenoxy) is 1. The number of thiazole rings is 1. The van der Waals surface area contributed by atoms with Crippen LogP contribution in [0.15, 0.2) is 46.1 Å². The van der Waals surface area contributed by atoms with Crippen LogP contribution in [0.3, 0.4) is 0 Å². The normalized spacial score (nSPS) is 12.4. The zero-order chi connectivity index (χ0) is 24.3. The molecule has 1 aromatic heterocycles.